The first-order valence-electron chi connectivity index (χ1n) is 39.9. The van der Waals surface area contributed by atoms with Gasteiger partial charge in [-0.3, -0.25) is 37.3 Å². The van der Waals surface area contributed by atoms with Crippen molar-refractivity contribution < 1.29 is 80.2 Å². The third kappa shape index (κ3) is 69.2. The van der Waals surface area contributed by atoms with Gasteiger partial charge in [0.2, 0.25) is 0 Å². The van der Waals surface area contributed by atoms with Crippen LogP contribution in [0.25, 0.3) is 0 Å². The first-order valence-corrected chi connectivity index (χ1v) is 42.9. The van der Waals surface area contributed by atoms with E-state index in [1.807, 2.05) is 0 Å². The second-order valence-electron chi connectivity index (χ2n) is 28.9. The van der Waals surface area contributed by atoms with E-state index >= 15 is 0 Å². The molecule has 0 aliphatic heterocycles. The molecule has 3 unspecified atom stereocenters. The van der Waals surface area contributed by atoms with Crippen molar-refractivity contribution in [2.75, 3.05) is 39.6 Å². The van der Waals surface area contributed by atoms with Gasteiger partial charge in [-0.25, -0.2) is 9.13 Å². The summed E-state index contributed by atoms with van der Waals surface area (Å²) in [4.78, 5) is 72.8. The molecular weight excluding hydrogens is 1260 g/mol. The lowest BCUT2D eigenvalue weighted by Crippen LogP contribution is -2.30. The van der Waals surface area contributed by atoms with Crippen molar-refractivity contribution >= 4 is 39.5 Å². The Labute approximate surface area is 588 Å². The molecule has 0 aromatic heterocycles. The van der Waals surface area contributed by atoms with Crippen molar-refractivity contribution in [3.8, 4) is 0 Å². The van der Waals surface area contributed by atoms with Crippen molar-refractivity contribution in [1.82, 2.24) is 0 Å². The molecule has 3 N–H and O–H groups in total. The van der Waals surface area contributed by atoms with Crippen molar-refractivity contribution in [3.05, 3.63) is 0 Å². The van der Waals surface area contributed by atoms with Gasteiger partial charge in [0.25, 0.3) is 0 Å². The maximum atomic E-state index is 13.1. The van der Waals surface area contributed by atoms with Crippen LogP contribution in [0, 0.1) is 17.8 Å². The molecule has 0 rings (SSSR count). The van der Waals surface area contributed by atoms with Crippen LogP contribution in [-0.2, 0) is 65.4 Å². The molecule has 19 heteroatoms. The number of unbranched alkanes of at least 4 members (excludes halogenated alkanes) is 42. The zero-order chi connectivity index (χ0) is 70.9. The standard InChI is InChI=1S/C77H150O17P2/c1-8-10-11-12-13-14-15-16-17-20-23-26-31-36-44-51-58-74(79)87-64-72(93-76(81)60-53-46-37-32-27-24-21-18-19-22-25-29-34-41-48-55-68(3)4)66-91-95(83,84)89-62-71(78)63-90-96(85,86)92-67-73(65-88-75(80)59-52-45-40-39-43-50-57-70(7)9-2)94-77(82)61-54-47-38-33-28-30-35-42-49-56-69(5)6/h68-73,78H,8-67H2,1-7H3,(H,83,84)(H,85,86)/t70?,71-,72-,73-/m1/s1. The Kier molecular flexibility index (Phi) is 66.2. The number of aliphatic hydroxyl groups is 1. The van der Waals surface area contributed by atoms with Gasteiger partial charge in [0.05, 0.1) is 26.4 Å². The minimum absolute atomic E-state index is 0.104. The van der Waals surface area contributed by atoms with Gasteiger partial charge in [-0.05, 0) is 43.4 Å². The van der Waals surface area contributed by atoms with Gasteiger partial charge in [-0.1, -0.05) is 344 Å². The summed E-state index contributed by atoms with van der Waals surface area (Å²) in [7, 11) is -9.91. The summed E-state index contributed by atoms with van der Waals surface area (Å²) < 4.78 is 68.6. The zero-order valence-corrected chi connectivity index (χ0v) is 64.6. The number of carbonyl (C=O) groups is 4. The van der Waals surface area contributed by atoms with Crippen LogP contribution in [0.2, 0.25) is 0 Å². The van der Waals surface area contributed by atoms with Gasteiger partial charge in [0.15, 0.2) is 12.2 Å². The Morgan fingerprint density at radius 1 is 0.302 bits per heavy atom. The van der Waals surface area contributed by atoms with Gasteiger partial charge in [-0.15, -0.1) is 0 Å². The fraction of sp³-hybridized carbons (Fsp3) is 0.948. The van der Waals surface area contributed by atoms with Gasteiger partial charge in [0, 0.05) is 25.7 Å². The van der Waals surface area contributed by atoms with Gasteiger partial charge in [-0.2, -0.15) is 0 Å². The van der Waals surface area contributed by atoms with E-state index in [4.69, 9.17) is 37.0 Å². The third-order valence-electron chi connectivity index (χ3n) is 18.2. The second kappa shape index (κ2) is 67.5. The highest BCUT2D eigenvalue weighted by Crippen LogP contribution is 2.45. The largest absolute Gasteiger partial charge is 0.472 e. The quantitative estimate of drug-likeness (QED) is 0.0222. The summed E-state index contributed by atoms with van der Waals surface area (Å²) in [6, 6.07) is 0. The highest BCUT2D eigenvalue weighted by Gasteiger charge is 2.30. The SMILES string of the molecule is CCCCCCCCCCCCCCCCCCC(=O)OC[C@H](COP(=O)(O)OC[C@@H](O)COP(=O)(O)OC[C@@H](COC(=O)CCCCCCCCC(C)CC)OC(=O)CCCCCCCCCCCC(C)C)OC(=O)CCCCCCCCCCCCCCCCCC(C)C. The summed E-state index contributed by atoms with van der Waals surface area (Å²) in [6.07, 6.45) is 54.1. The van der Waals surface area contributed by atoms with E-state index < -0.39 is 97.5 Å². The minimum Gasteiger partial charge on any atom is -0.462 e. The van der Waals surface area contributed by atoms with Crippen LogP contribution < -0.4 is 0 Å². The van der Waals surface area contributed by atoms with Gasteiger partial charge in [0.1, 0.15) is 19.3 Å². The van der Waals surface area contributed by atoms with Crippen molar-refractivity contribution in [2.45, 2.75) is 414 Å². The Morgan fingerprint density at radius 3 is 0.792 bits per heavy atom. The molecule has 0 radical (unpaired) electrons. The Morgan fingerprint density at radius 2 is 0.531 bits per heavy atom. The molecule has 96 heavy (non-hydrogen) atoms. The predicted octanol–water partition coefficient (Wildman–Crippen LogP) is 22.6. The number of aliphatic hydroxyl groups excluding tert-OH is 1. The lowest BCUT2D eigenvalue weighted by atomic mass is 10.00. The predicted molar refractivity (Wildman–Crippen MR) is 391 cm³/mol. The summed E-state index contributed by atoms with van der Waals surface area (Å²) >= 11 is 0. The number of hydrogen-bond acceptors (Lipinski definition) is 15. The Balaban J connectivity index is 5.24. The van der Waals surface area contributed by atoms with Crippen molar-refractivity contribution in [2.24, 2.45) is 17.8 Å². The molecule has 570 valence electrons. The number of rotatable bonds is 75. The smallest absolute Gasteiger partial charge is 0.462 e. The molecule has 0 spiro atoms. The number of hydrogen-bond donors (Lipinski definition) is 3. The average molecular weight is 1410 g/mol. The number of ether oxygens (including phenoxy) is 4. The summed E-state index contributed by atoms with van der Waals surface area (Å²) in [6.45, 7) is 11.9. The lowest BCUT2D eigenvalue weighted by Gasteiger charge is -2.21. The maximum absolute atomic E-state index is 13.1. The fourth-order valence-electron chi connectivity index (χ4n) is 11.7. The maximum Gasteiger partial charge on any atom is 0.472 e. The lowest BCUT2D eigenvalue weighted by molar-refractivity contribution is -0.161. The number of esters is 4. The van der Waals surface area contributed by atoms with E-state index in [-0.39, 0.29) is 25.7 Å². The first kappa shape index (κ1) is 94.1. The number of phosphoric ester groups is 2. The molecule has 0 saturated heterocycles. The topological polar surface area (TPSA) is 237 Å². The van der Waals surface area contributed by atoms with E-state index in [9.17, 15) is 43.2 Å². The molecule has 17 nitrogen and oxygen atoms in total. The molecule has 0 aliphatic carbocycles. The van der Waals surface area contributed by atoms with Crippen LogP contribution in [0.1, 0.15) is 395 Å². The second-order valence-corrected chi connectivity index (χ2v) is 31.8. The molecule has 0 fully saturated rings. The monoisotopic (exact) mass is 1410 g/mol. The fourth-order valence-corrected chi connectivity index (χ4v) is 13.3. The van der Waals surface area contributed by atoms with Crippen LogP contribution in [0.5, 0.6) is 0 Å². The minimum atomic E-state index is -4.96. The Hall–Kier alpha value is -1.94. The third-order valence-corrected chi connectivity index (χ3v) is 20.1. The molecule has 0 bridgehead atoms. The molecular formula is C77H150O17P2. The summed E-state index contributed by atoms with van der Waals surface area (Å²) in [5, 5.41) is 10.6. The van der Waals surface area contributed by atoms with Crippen LogP contribution >= 0.6 is 15.6 Å². The number of phosphoric acid groups is 2. The molecule has 0 heterocycles. The van der Waals surface area contributed by atoms with E-state index in [0.717, 1.165) is 114 Å². The van der Waals surface area contributed by atoms with Crippen LogP contribution in [0.15, 0.2) is 0 Å². The first-order chi connectivity index (χ1) is 46.3. The van der Waals surface area contributed by atoms with Crippen LogP contribution in [0.4, 0.5) is 0 Å². The molecule has 6 atom stereocenters. The highest BCUT2D eigenvalue weighted by atomic mass is 31.2. The zero-order valence-electron chi connectivity index (χ0n) is 62.8. The normalized spacial score (nSPS) is 14.3. The van der Waals surface area contributed by atoms with Crippen molar-refractivity contribution in [3.63, 3.8) is 0 Å². The molecule has 0 amide bonds. The van der Waals surface area contributed by atoms with Gasteiger partial charge >= 0.3 is 39.5 Å². The summed E-state index contributed by atoms with van der Waals surface area (Å²) in [5.41, 5.74) is 0. The average Bonchev–Trinajstić information content (AvgIpc) is 1.11. The molecule has 0 aromatic rings. The van der Waals surface area contributed by atoms with E-state index in [2.05, 4.69) is 48.5 Å². The Bertz CT molecular complexity index is 1870. The van der Waals surface area contributed by atoms with Crippen LogP contribution in [0.3, 0.4) is 0 Å². The number of carbonyl (C=O) groups excluding carboxylic acids is 4. The van der Waals surface area contributed by atoms with E-state index in [1.165, 1.54) is 199 Å². The van der Waals surface area contributed by atoms with Gasteiger partial charge < -0.3 is 33.8 Å². The van der Waals surface area contributed by atoms with E-state index in [1.54, 1.807) is 0 Å². The van der Waals surface area contributed by atoms with Crippen LogP contribution in [-0.4, -0.2) is 96.7 Å². The van der Waals surface area contributed by atoms with Crippen molar-refractivity contribution in [1.29, 1.82) is 0 Å². The summed E-state index contributed by atoms with van der Waals surface area (Å²) in [5.74, 6) is 0.152. The molecule has 0 saturated carbocycles. The molecule has 0 aromatic carbocycles. The highest BCUT2D eigenvalue weighted by molar-refractivity contribution is 7.47. The van der Waals surface area contributed by atoms with E-state index in [0.29, 0.717) is 25.7 Å². The molecule has 0 aliphatic rings.